The molecule has 0 saturated heterocycles. The molecule has 0 aliphatic heterocycles. The molecular weight excluding hydrogens is 380 g/mol. The van der Waals surface area contributed by atoms with E-state index in [9.17, 15) is 0 Å². The van der Waals surface area contributed by atoms with Gasteiger partial charge in [0.15, 0.2) is 11.5 Å². The summed E-state index contributed by atoms with van der Waals surface area (Å²) in [6.45, 7) is 6.24. The van der Waals surface area contributed by atoms with Gasteiger partial charge in [-0.15, -0.1) is 0 Å². The second-order valence-electron chi connectivity index (χ2n) is 7.27. The smallest absolute Gasteiger partial charge is 0.255 e. The molecule has 0 spiro atoms. The number of aromatic nitrogens is 5. The third kappa shape index (κ3) is 3.30. The number of hydrogen-bond donors (Lipinski definition) is 0. The Hall–Kier alpha value is -3.68. The number of rotatable bonds is 4. The van der Waals surface area contributed by atoms with Crippen molar-refractivity contribution in [3.05, 3.63) is 58.6 Å². The van der Waals surface area contributed by atoms with Crippen molar-refractivity contribution in [3.63, 3.8) is 0 Å². The summed E-state index contributed by atoms with van der Waals surface area (Å²) in [6.07, 6.45) is 0. The lowest BCUT2D eigenvalue weighted by atomic mass is 10.1. The van der Waals surface area contributed by atoms with E-state index in [0.717, 1.165) is 33.6 Å². The normalized spacial score (nSPS) is 11.9. The standard InChI is InChI=1S/C22H24N6O2/c1-13-9-14(2)21(15(3)10-13)23-20-12-17(28-22(27(20)4)24-25-26-28)16-7-8-18(29-5)19(11-16)30-6/h7-12H,1-6H3. The molecule has 4 aromatic rings. The molecule has 0 amide bonds. The van der Waals surface area contributed by atoms with Gasteiger partial charge in [0, 0.05) is 18.7 Å². The van der Waals surface area contributed by atoms with Crippen molar-refractivity contribution in [2.75, 3.05) is 14.2 Å². The van der Waals surface area contributed by atoms with Gasteiger partial charge in [-0.1, -0.05) is 22.8 Å². The van der Waals surface area contributed by atoms with Crippen LogP contribution in [0.4, 0.5) is 5.69 Å². The highest BCUT2D eigenvalue weighted by molar-refractivity contribution is 5.65. The summed E-state index contributed by atoms with van der Waals surface area (Å²) in [5.74, 6) is 1.88. The van der Waals surface area contributed by atoms with E-state index in [1.807, 2.05) is 35.9 Å². The minimum atomic E-state index is 0.587. The minimum Gasteiger partial charge on any atom is -0.493 e. The van der Waals surface area contributed by atoms with Crippen molar-refractivity contribution in [1.29, 1.82) is 0 Å². The molecule has 0 aliphatic carbocycles. The Balaban J connectivity index is 2.00. The second-order valence-corrected chi connectivity index (χ2v) is 7.27. The van der Waals surface area contributed by atoms with Gasteiger partial charge in [-0.2, -0.15) is 4.52 Å². The molecule has 4 rings (SSSR count). The van der Waals surface area contributed by atoms with E-state index in [1.54, 1.807) is 18.7 Å². The van der Waals surface area contributed by atoms with E-state index in [1.165, 1.54) is 5.56 Å². The van der Waals surface area contributed by atoms with Crippen molar-refractivity contribution >= 4 is 11.5 Å². The van der Waals surface area contributed by atoms with Gasteiger partial charge >= 0.3 is 0 Å². The maximum atomic E-state index is 5.47. The average Bonchev–Trinajstić information content (AvgIpc) is 3.22. The molecule has 0 N–H and O–H groups in total. The van der Waals surface area contributed by atoms with E-state index in [0.29, 0.717) is 17.3 Å². The number of hydrogen-bond acceptors (Lipinski definition) is 6. The molecule has 154 valence electrons. The molecule has 0 fully saturated rings. The molecule has 0 saturated carbocycles. The maximum absolute atomic E-state index is 5.47. The fraction of sp³-hybridized carbons (Fsp3) is 0.273. The molecule has 0 atom stereocenters. The van der Waals surface area contributed by atoms with Crippen molar-refractivity contribution in [1.82, 2.24) is 24.6 Å². The minimum absolute atomic E-state index is 0.587. The van der Waals surface area contributed by atoms with E-state index >= 15 is 0 Å². The SMILES string of the molecule is COc1ccc(-c2cc(=Nc3c(C)cc(C)cc3C)n(C)c3nnnn23)cc1OC. The van der Waals surface area contributed by atoms with Crippen LogP contribution in [0.2, 0.25) is 0 Å². The summed E-state index contributed by atoms with van der Waals surface area (Å²) >= 11 is 0. The molecule has 0 radical (unpaired) electrons. The monoisotopic (exact) mass is 404 g/mol. The highest BCUT2D eigenvalue weighted by atomic mass is 16.5. The summed E-state index contributed by atoms with van der Waals surface area (Å²) < 4.78 is 14.4. The third-order valence-corrected chi connectivity index (χ3v) is 5.13. The van der Waals surface area contributed by atoms with Gasteiger partial charge in [-0.05, 0) is 60.5 Å². The van der Waals surface area contributed by atoms with Gasteiger partial charge < -0.3 is 9.47 Å². The quantitative estimate of drug-likeness (QED) is 0.521. The van der Waals surface area contributed by atoms with Crippen LogP contribution in [0.15, 0.2) is 41.4 Å². The first kappa shape index (κ1) is 19.6. The number of methoxy groups -OCH3 is 2. The maximum Gasteiger partial charge on any atom is 0.255 e. The molecule has 2 aromatic heterocycles. The fourth-order valence-corrected chi connectivity index (χ4v) is 3.70. The number of tetrazole rings is 1. The summed E-state index contributed by atoms with van der Waals surface area (Å²) in [5.41, 5.74) is 6.86. The van der Waals surface area contributed by atoms with Crippen molar-refractivity contribution in [2.24, 2.45) is 12.0 Å². The molecule has 2 aromatic carbocycles. The Labute approximate surface area is 174 Å². The fourth-order valence-electron chi connectivity index (χ4n) is 3.70. The van der Waals surface area contributed by atoms with Gasteiger partial charge in [-0.25, -0.2) is 4.99 Å². The first-order chi connectivity index (χ1) is 14.4. The number of aryl methyl sites for hydroxylation is 4. The largest absolute Gasteiger partial charge is 0.493 e. The predicted octanol–water partition coefficient (Wildman–Crippen LogP) is 3.30. The van der Waals surface area contributed by atoms with Crippen molar-refractivity contribution in [3.8, 4) is 22.8 Å². The molecule has 0 unspecified atom stereocenters. The zero-order chi connectivity index (χ0) is 21.4. The Kier molecular flexibility index (Phi) is 4.99. The van der Waals surface area contributed by atoms with E-state index in [-0.39, 0.29) is 0 Å². The molecular formula is C22H24N6O2. The summed E-state index contributed by atoms with van der Waals surface area (Å²) in [7, 11) is 5.13. The lowest BCUT2D eigenvalue weighted by molar-refractivity contribution is 0.355. The molecule has 8 nitrogen and oxygen atoms in total. The van der Waals surface area contributed by atoms with Crippen LogP contribution in [-0.2, 0) is 7.05 Å². The number of ether oxygens (including phenoxy) is 2. The highest BCUT2D eigenvalue weighted by Crippen LogP contribution is 2.32. The van der Waals surface area contributed by atoms with E-state index in [2.05, 4.69) is 48.4 Å². The predicted molar refractivity (Wildman–Crippen MR) is 114 cm³/mol. The Bertz CT molecular complexity index is 1300. The molecule has 0 bridgehead atoms. The average molecular weight is 404 g/mol. The number of fused-ring (bicyclic) bond motifs is 1. The summed E-state index contributed by atoms with van der Waals surface area (Å²) in [5, 5.41) is 12.2. The van der Waals surface area contributed by atoms with E-state index in [4.69, 9.17) is 14.5 Å². The summed E-state index contributed by atoms with van der Waals surface area (Å²) in [4.78, 5) is 4.97. The molecule has 30 heavy (non-hydrogen) atoms. The van der Waals surface area contributed by atoms with Gasteiger partial charge in [0.05, 0.1) is 25.6 Å². The topological polar surface area (TPSA) is 78.8 Å². The molecule has 8 heteroatoms. The Morgan fingerprint density at radius 1 is 0.900 bits per heavy atom. The Morgan fingerprint density at radius 2 is 1.60 bits per heavy atom. The zero-order valence-electron chi connectivity index (χ0n) is 18.0. The lowest BCUT2D eigenvalue weighted by Gasteiger charge is -2.12. The molecule has 2 heterocycles. The first-order valence-electron chi connectivity index (χ1n) is 9.56. The first-order valence-corrected chi connectivity index (χ1v) is 9.56. The lowest BCUT2D eigenvalue weighted by Crippen LogP contribution is -2.21. The van der Waals surface area contributed by atoms with Gasteiger partial charge in [-0.3, -0.25) is 4.57 Å². The third-order valence-electron chi connectivity index (χ3n) is 5.13. The van der Waals surface area contributed by atoms with Crippen molar-refractivity contribution < 1.29 is 9.47 Å². The summed E-state index contributed by atoms with van der Waals surface area (Å²) in [6, 6.07) is 12.0. The van der Waals surface area contributed by atoms with Crippen LogP contribution in [0.25, 0.3) is 17.0 Å². The van der Waals surface area contributed by atoms with Crippen LogP contribution >= 0.6 is 0 Å². The van der Waals surface area contributed by atoms with Gasteiger partial charge in [0.25, 0.3) is 5.78 Å². The van der Waals surface area contributed by atoms with Crippen LogP contribution in [0.1, 0.15) is 16.7 Å². The van der Waals surface area contributed by atoms with Crippen LogP contribution in [0.3, 0.4) is 0 Å². The molecule has 0 aliphatic rings. The highest BCUT2D eigenvalue weighted by Gasteiger charge is 2.14. The zero-order valence-corrected chi connectivity index (χ0v) is 18.0. The van der Waals surface area contributed by atoms with Crippen LogP contribution in [0, 0.1) is 20.8 Å². The second kappa shape index (κ2) is 7.62. The van der Waals surface area contributed by atoms with Gasteiger partial charge in [0.2, 0.25) is 0 Å². The van der Waals surface area contributed by atoms with Crippen LogP contribution in [-0.4, -0.2) is 38.8 Å². The van der Waals surface area contributed by atoms with Gasteiger partial charge in [0.1, 0.15) is 5.49 Å². The van der Waals surface area contributed by atoms with E-state index < -0.39 is 0 Å². The number of nitrogens with zero attached hydrogens (tertiary/aromatic N) is 6. The Morgan fingerprint density at radius 3 is 2.27 bits per heavy atom. The van der Waals surface area contributed by atoms with Crippen molar-refractivity contribution in [2.45, 2.75) is 20.8 Å². The number of benzene rings is 2. The van der Waals surface area contributed by atoms with Crippen LogP contribution in [0.5, 0.6) is 11.5 Å². The van der Waals surface area contributed by atoms with Crippen LogP contribution < -0.4 is 15.0 Å².